The van der Waals surface area contributed by atoms with Crippen LogP contribution in [0.5, 0.6) is 5.75 Å². The number of hydrogen-bond donors (Lipinski definition) is 1. The van der Waals surface area contributed by atoms with Crippen molar-refractivity contribution < 1.29 is 33.0 Å². The fourth-order valence-corrected chi connectivity index (χ4v) is 3.44. The van der Waals surface area contributed by atoms with Gasteiger partial charge in [-0.3, -0.25) is 9.59 Å². The van der Waals surface area contributed by atoms with E-state index in [1.165, 1.54) is 7.11 Å². The highest BCUT2D eigenvalue weighted by atomic mass is 35.5. The van der Waals surface area contributed by atoms with Crippen molar-refractivity contribution in [3.63, 3.8) is 0 Å². The quantitative estimate of drug-likeness (QED) is 0.284. The first-order chi connectivity index (χ1) is 15.0. The maximum absolute atomic E-state index is 13.8. The second-order valence-electron chi connectivity index (χ2n) is 7.37. The van der Waals surface area contributed by atoms with Gasteiger partial charge in [0.05, 0.1) is 25.0 Å². The highest BCUT2D eigenvalue weighted by Crippen LogP contribution is 2.42. The standard InChI is InChI=1S/C22H26Cl2FNO6/c1-5-10-31-16(27)9-7-12(2)6-8-14-18(26-21(29)22(23,24)25)17-15(11-32-20(17)28)13(3)19(14)30-4/h6H,5,7-11H2,1-4H3,(H,26,29)/b12-6+. The van der Waals surface area contributed by atoms with E-state index in [4.69, 9.17) is 37.4 Å². The summed E-state index contributed by atoms with van der Waals surface area (Å²) in [5.74, 6) is -1.87. The molecule has 10 heteroatoms. The molecule has 7 nitrogen and oxygen atoms in total. The van der Waals surface area contributed by atoms with E-state index in [1.54, 1.807) is 6.92 Å². The van der Waals surface area contributed by atoms with Crippen molar-refractivity contribution in [3.8, 4) is 5.75 Å². The molecule has 32 heavy (non-hydrogen) atoms. The molecule has 1 aromatic rings. The molecule has 176 valence electrons. The Bertz CT molecular complexity index is 940. The fourth-order valence-electron chi connectivity index (χ4n) is 3.34. The molecule has 1 amide bonds. The van der Waals surface area contributed by atoms with Gasteiger partial charge in [0.25, 0.3) is 5.91 Å². The van der Waals surface area contributed by atoms with E-state index in [0.29, 0.717) is 35.5 Å². The number of alkyl halides is 3. The van der Waals surface area contributed by atoms with Gasteiger partial charge in [0, 0.05) is 17.5 Å². The van der Waals surface area contributed by atoms with Crippen LogP contribution in [0.2, 0.25) is 0 Å². The van der Waals surface area contributed by atoms with E-state index >= 15 is 0 Å². The minimum atomic E-state index is -3.20. The number of halogens is 3. The Morgan fingerprint density at radius 3 is 2.59 bits per heavy atom. The summed E-state index contributed by atoms with van der Waals surface area (Å²) in [6.07, 6.45) is 3.49. The van der Waals surface area contributed by atoms with Gasteiger partial charge in [0.15, 0.2) is 0 Å². The molecule has 1 heterocycles. The molecule has 0 atom stereocenters. The minimum Gasteiger partial charge on any atom is -0.496 e. The number of hydrogen-bond acceptors (Lipinski definition) is 6. The number of benzene rings is 1. The van der Waals surface area contributed by atoms with Crippen LogP contribution in [0.1, 0.15) is 60.2 Å². The van der Waals surface area contributed by atoms with Gasteiger partial charge < -0.3 is 19.5 Å². The summed E-state index contributed by atoms with van der Waals surface area (Å²) in [5.41, 5.74) is 2.65. The average molecular weight is 490 g/mol. The number of anilines is 1. The van der Waals surface area contributed by atoms with Crippen LogP contribution in [0.15, 0.2) is 11.6 Å². The third-order valence-corrected chi connectivity index (χ3v) is 5.36. The fraction of sp³-hybridized carbons (Fsp3) is 0.500. The first-order valence-electron chi connectivity index (χ1n) is 10.1. The third kappa shape index (κ3) is 6.13. The molecule has 0 fully saturated rings. The molecule has 1 aromatic carbocycles. The Hall–Kier alpha value is -2.32. The number of methoxy groups -OCH3 is 1. The van der Waals surface area contributed by atoms with E-state index in [-0.39, 0.29) is 36.7 Å². The van der Waals surface area contributed by atoms with E-state index < -0.39 is 16.5 Å². The zero-order valence-corrected chi connectivity index (χ0v) is 19.9. The van der Waals surface area contributed by atoms with Crippen molar-refractivity contribution in [2.24, 2.45) is 0 Å². The van der Waals surface area contributed by atoms with Crippen molar-refractivity contribution in [2.75, 3.05) is 19.0 Å². The molecule has 0 spiro atoms. The van der Waals surface area contributed by atoms with Crippen molar-refractivity contribution in [1.82, 2.24) is 0 Å². The topological polar surface area (TPSA) is 90.9 Å². The maximum Gasteiger partial charge on any atom is 0.341 e. The lowest BCUT2D eigenvalue weighted by molar-refractivity contribution is -0.143. The van der Waals surface area contributed by atoms with E-state index in [1.807, 2.05) is 19.9 Å². The van der Waals surface area contributed by atoms with Crippen LogP contribution < -0.4 is 10.1 Å². The van der Waals surface area contributed by atoms with Gasteiger partial charge in [0.1, 0.15) is 12.4 Å². The zero-order valence-electron chi connectivity index (χ0n) is 18.4. The number of esters is 2. The van der Waals surface area contributed by atoms with Gasteiger partial charge in [0.2, 0.25) is 0 Å². The molecule has 0 aromatic heterocycles. The molecule has 1 aliphatic heterocycles. The van der Waals surface area contributed by atoms with E-state index in [9.17, 15) is 18.8 Å². The first-order valence-corrected chi connectivity index (χ1v) is 10.9. The Morgan fingerprint density at radius 1 is 1.31 bits per heavy atom. The number of ether oxygens (including phenoxy) is 3. The van der Waals surface area contributed by atoms with Crippen molar-refractivity contribution in [1.29, 1.82) is 0 Å². The molecule has 1 N–H and O–H groups in total. The predicted molar refractivity (Wildman–Crippen MR) is 119 cm³/mol. The summed E-state index contributed by atoms with van der Waals surface area (Å²) in [7, 11) is 1.45. The highest BCUT2D eigenvalue weighted by molar-refractivity contribution is 6.57. The minimum absolute atomic E-state index is 0.00321. The van der Waals surface area contributed by atoms with Crippen LogP contribution in [0.4, 0.5) is 10.1 Å². The average Bonchev–Trinajstić information content (AvgIpc) is 3.12. The Morgan fingerprint density at radius 2 is 2.00 bits per heavy atom. The van der Waals surface area contributed by atoms with E-state index in [2.05, 4.69) is 5.32 Å². The largest absolute Gasteiger partial charge is 0.496 e. The lowest BCUT2D eigenvalue weighted by Gasteiger charge is -2.20. The zero-order chi connectivity index (χ0) is 24.1. The highest BCUT2D eigenvalue weighted by Gasteiger charge is 2.38. The van der Waals surface area contributed by atoms with Gasteiger partial charge in [-0.05, 0) is 38.7 Å². The summed E-state index contributed by atoms with van der Waals surface area (Å²) in [5, 5.41) is 2.32. The number of carbonyl (C=O) groups is 3. The molecule has 0 radical (unpaired) electrons. The summed E-state index contributed by atoms with van der Waals surface area (Å²) in [6.45, 7) is 5.90. The Kier molecular flexibility index (Phi) is 8.92. The lowest BCUT2D eigenvalue weighted by Crippen LogP contribution is -2.29. The van der Waals surface area contributed by atoms with Gasteiger partial charge in [-0.25, -0.2) is 4.79 Å². The number of nitrogens with one attached hydrogen (secondary N) is 1. The predicted octanol–water partition coefficient (Wildman–Crippen LogP) is 4.94. The normalized spacial score (nSPS) is 13.5. The van der Waals surface area contributed by atoms with Crippen LogP contribution in [0.3, 0.4) is 0 Å². The molecule has 0 saturated heterocycles. The lowest BCUT2D eigenvalue weighted by atomic mass is 9.93. The van der Waals surface area contributed by atoms with E-state index in [0.717, 1.165) is 12.0 Å². The summed E-state index contributed by atoms with van der Waals surface area (Å²) in [6, 6.07) is 0. The van der Waals surface area contributed by atoms with Crippen LogP contribution >= 0.6 is 23.2 Å². The molecule has 0 aliphatic carbocycles. The first kappa shape index (κ1) is 25.9. The number of carbonyl (C=O) groups excluding carboxylic acids is 3. The number of fused-ring (bicyclic) bond motifs is 1. The molecule has 0 saturated carbocycles. The van der Waals surface area contributed by atoms with Crippen LogP contribution in [-0.2, 0) is 32.1 Å². The summed E-state index contributed by atoms with van der Waals surface area (Å²) in [4.78, 5) is 36.3. The summed E-state index contributed by atoms with van der Waals surface area (Å²) < 4.78 is 26.3. The number of rotatable bonds is 10. The number of amides is 1. The molecule has 1 aliphatic rings. The molecule has 0 bridgehead atoms. The van der Waals surface area contributed by atoms with Crippen LogP contribution in [0.25, 0.3) is 0 Å². The maximum atomic E-state index is 13.8. The van der Waals surface area contributed by atoms with Crippen molar-refractivity contribution >= 4 is 46.7 Å². The van der Waals surface area contributed by atoms with Gasteiger partial charge >= 0.3 is 16.5 Å². The molecule has 2 rings (SSSR count). The second kappa shape index (κ2) is 11.0. The number of allylic oxidation sites excluding steroid dienone is 2. The number of cyclic esters (lactones) is 1. The molecular weight excluding hydrogens is 464 g/mol. The molecular formula is C22H26Cl2FNO6. The van der Waals surface area contributed by atoms with Crippen LogP contribution in [0, 0.1) is 6.92 Å². The van der Waals surface area contributed by atoms with Crippen molar-refractivity contribution in [3.05, 3.63) is 33.9 Å². The van der Waals surface area contributed by atoms with Gasteiger partial charge in [-0.1, -0.05) is 41.8 Å². The second-order valence-corrected chi connectivity index (χ2v) is 8.60. The monoisotopic (exact) mass is 489 g/mol. The van der Waals surface area contributed by atoms with Crippen molar-refractivity contribution in [2.45, 2.75) is 57.6 Å². The van der Waals surface area contributed by atoms with Gasteiger partial charge in [-0.15, -0.1) is 0 Å². The third-order valence-electron chi connectivity index (χ3n) is 5.02. The Labute approximate surface area is 196 Å². The summed E-state index contributed by atoms with van der Waals surface area (Å²) >= 11 is 10.6. The smallest absolute Gasteiger partial charge is 0.341 e. The molecule has 0 unspecified atom stereocenters. The SMILES string of the molecule is CCCOC(=O)CC/C(C)=C/Cc1c(NC(=O)C(F)(Cl)Cl)c2c(c(C)c1OC)COC2=O. The Balaban J connectivity index is 2.41. The van der Waals surface area contributed by atoms with Crippen LogP contribution in [-0.4, -0.2) is 36.1 Å². The van der Waals surface area contributed by atoms with Gasteiger partial charge in [-0.2, -0.15) is 4.39 Å².